The van der Waals surface area contributed by atoms with Gasteiger partial charge in [0.2, 0.25) is 0 Å². The average Bonchev–Trinajstić information content (AvgIpc) is 2.25. The van der Waals surface area contributed by atoms with Crippen LogP contribution in [0.4, 0.5) is 0 Å². The first-order valence-corrected chi connectivity index (χ1v) is 5.54. The van der Waals surface area contributed by atoms with Gasteiger partial charge in [0.05, 0.1) is 0 Å². The molecule has 0 heterocycles. The Kier molecular flexibility index (Phi) is 4.99. The molecule has 0 fully saturated rings. The summed E-state index contributed by atoms with van der Waals surface area (Å²) in [6.45, 7) is 1.32. The molecule has 0 amide bonds. The second-order valence-electron chi connectivity index (χ2n) is 3.34. The van der Waals surface area contributed by atoms with Crippen molar-refractivity contribution in [3.05, 3.63) is 29.8 Å². The third-order valence-electron chi connectivity index (χ3n) is 1.96. The molecule has 0 radical (unpaired) electrons. The minimum atomic E-state index is -0.398. The fourth-order valence-corrected chi connectivity index (χ4v) is 1.40. The molecule has 0 saturated carbocycles. The van der Waals surface area contributed by atoms with E-state index in [9.17, 15) is 9.59 Å². The molecule has 0 bridgehead atoms. The Balaban J connectivity index is 2.73. The third kappa shape index (κ3) is 4.03. The van der Waals surface area contributed by atoms with Crippen LogP contribution in [-0.4, -0.2) is 17.6 Å². The Hall–Kier alpha value is -1.35. The molecule has 0 atom stereocenters. The molecule has 4 heteroatoms. The van der Waals surface area contributed by atoms with Crippen LogP contribution in [0.5, 0.6) is 5.75 Å². The summed E-state index contributed by atoms with van der Waals surface area (Å²) in [5, 5.41) is 0. The van der Waals surface area contributed by atoms with Crippen LogP contribution in [0.25, 0.3) is 0 Å². The Bertz CT molecular complexity index is 388. The highest BCUT2D eigenvalue weighted by molar-refractivity contribution is 6.18. The van der Waals surface area contributed by atoms with E-state index < -0.39 is 5.97 Å². The summed E-state index contributed by atoms with van der Waals surface area (Å²) < 4.78 is 4.89. The molecular formula is C12H13ClO3. The highest BCUT2D eigenvalue weighted by atomic mass is 35.5. The number of Topliss-reactive ketones (excluding diaryl/α,β-unsaturated/α-hetero) is 1. The maximum absolute atomic E-state index is 11.6. The number of carbonyl (C=O) groups is 2. The maximum atomic E-state index is 11.6. The molecular weight excluding hydrogens is 228 g/mol. The number of ether oxygens (including phenoxy) is 1. The van der Waals surface area contributed by atoms with Crippen molar-refractivity contribution < 1.29 is 14.3 Å². The summed E-state index contributed by atoms with van der Waals surface area (Å²) in [7, 11) is 0. The molecule has 1 rings (SSSR count). The molecule has 1 aromatic carbocycles. The van der Waals surface area contributed by atoms with Crippen molar-refractivity contribution in [1.29, 1.82) is 0 Å². The number of rotatable bonds is 5. The van der Waals surface area contributed by atoms with E-state index in [-0.39, 0.29) is 5.78 Å². The summed E-state index contributed by atoms with van der Waals surface area (Å²) >= 11 is 5.51. The number of alkyl halides is 1. The van der Waals surface area contributed by atoms with Crippen LogP contribution < -0.4 is 4.74 Å². The second-order valence-corrected chi connectivity index (χ2v) is 3.72. The van der Waals surface area contributed by atoms with Gasteiger partial charge in [-0.05, 0) is 18.6 Å². The van der Waals surface area contributed by atoms with Crippen LogP contribution >= 0.6 is 11.6 Å². The lowest BCUT2D eigenvalue weighted by atomic mass is 10.1. The van der Waals surface area contributed by atoms with Gasteiger partial charge in [0.25, 0.3) is 0 Å². The van der Waals surface area contributed by atoms with Gasteiger partial charge in [-0.2, -0.15) is 0 Å². The van der Waals surface area contributed by atoms with Gasteiger partial charge in [0, 0.05) is 24.8 Å². The maximum Gasteiger partial charge on any atom is 0.308 e. The van der Waals surface area contributed by atoms with Gasteiger partial charge in [-0.15, -0.1) is 11.6 Å². The van der Waals surface area contributed by atoms with E-state index in [1.165, 1.54) is 6.92 Å². The molecule has 0 spiro atoms. The van der Waals surface area contributed by atoms with Crippen LogP contribution in [0, 0.1) is 0 Å². The molecule has 86 valence electrons. The van der Waals surface area contributed by atoms with E-state index >= 15 is 0 Å². The van der Waals surface area contributed by atoms with Gasteiger partial charge in [-0.1, -0.05) is 12.1 Å². The molecule has 0 aliphatic heterocycles. The lowest BCUT2D eigenvalue weighted by Crippen LogP contribution is -2.04. The SMILES string of the molecule is CC(=O)Oc1cccc(C(=O)CCCCl)c1. The second kappa shape index (κ2) is 6.28. The largest absolute Gasteiger partial charge is 0.427 e. The highest BCUT2D eigenvalue weighted by Gasteiger charge is 2.07. The zero-order valence-corrected chi connectivity index (χ0v) is 9.79. The van der Waals surface area contributed by atoms with Crippen LogP contribution in [0.2, 0.25) is 0 Å². The molecule has 0 N–H and O–H groups in total. The lowest BCUT2D eigenvalue weighted by Gasteiger charge is -2.03. The molecule has 0 aliphatic rings. The number of ketones is 1. The fraction of sp³-hybridized carbons (Fsp3) is 0.333. The molecule has 0 aromatic heterocycles. The number of esters is 1. The van der Waals surface area contributed by atoms with Crippen molar-refractivity contribution in [3.63, 3.8) is 0 Å². The van der Waals surface area contributed by atoms with Crippen molar-refractivity contribution in [1.82, 2.24) is 0 Å². The van der Waals surface area contributed by atoms with Gasteiger partial charge in [0.15, 0.2) is 5.78 Å². The van der Waals surface area contributed by atoms with Gasteiger partial charge >= 0.3 is 5.97 Å². The first kappa shape index (κ1) is 12.7. The summed E-state index contributed by atoms with van der Waals surface area (Å²) in [5.41, 5.74) is 0.545. The summed E-state index contributed by atoms with van der Waals surface area (Å²) in [6.07, 6.45) is 1.06. The topological polar surface area (TPSA) is 43.4 Å². The van der Waals surface area contributed by atoms with Gasteiger partial charge in [0.1, 0.15) is 5.75 Å². The zero-order valence-electron chi connectivity index (χ0n) is 9.03. The standard InChI is InChI=1S/C12H13ClO3/c1-9(14)16-11-5-2-4-10(8-11)12(15)6-3-7-13/h2,4-5,8H,3,6-7H2,1H3. The number of carbonyl (C=O) groups excluding carboxylic acids is 2. The van der Waals surface area contributed by atoms with E-state index in [0.717, 1.165) is 0 Å². The molecule has 0 aliphatic carbocycles. The van der Waals surface area contributed by atoms with Crippen LogP contribution in [0.15, 0.2) is 24.3 Å². The molecule has 3 nitrogen and oxygen atoms in total. The number of hydrogen-bond acceptors (Lipinski definition) is 3. The van der Waals surface area contributed by atoms with Crippen molar-refractivity contribution >= 4 is 23.4 Å². The fourth-order valence-electron chi connectivity index (χ4n) is 1.27. The first-order valence-electron chi connectivity index (χ1n) is 5.01. The Morgan fingerprint density at radius 2 is 2.12 bits per heavy atom. The minimum absolute atomic E-state index is 0.00894. The third-order valence-corrected chi connectivity index (χ3v) is 2.22. The van der Waals surface area contributed by atoms with E-state index in [0.29, 0.717) is 30.0 Å². The summed E-state index contributed by atoms with van der Waals surface area (Å²) in [4.78, 5) is 22.4. The van der Waals surface area contributed by atoms with Gasteiger partial charge in [-0.25, -0.2) is 0 Å². The highest BCUT2D eigenvalue weighted by Crippen LogP contribution is 2.15. The molecule has 0 saturated heterocycles. The Labute approximate surface area is 99.4 Å². The quantitative estimate of drug-likeness (QED) is 0.344. The lowest BCUT2D eigenvalue weighted by molar-refractivity contribution is -0.131. The van der Waals surface area contributed by atoms with E-state index in [4.69, 9.17) is 16.3 Å². The average molecular weight is 241 g/mol. The zero-order chi connectivity index (χ0) is 12.0. The van der Waals surface area contributed by atoms with Crippen LogP contribution in [0.3, 0.4) is 0 Å². The minimum Gasteiger partial charge on any atom is -0.427 e. The summed E-state index contributed by atoms with van der Waals surface area (Å²) in [5.74, 6) is 0.472. The monoisotopic (exact) mass is 240 g/mol. The Morgan fingerprint density at radius 1 is 1.38 bits per heavy atom. The molecule has 1 aromatic rings. The smallest absolute Gasteiger partial charge is 0.308 e. The van der Waals surface area contributed by atoms with E-state index in [2.05, 4.69) is 0 Å². The van der Waals surface area contributed by atoms with Crippen molar-refractivity contribution in [3.8, 4) is 5.75 Å². The van der Waals surface area contributed by atoms with Crippen molar-refractivity contribution in [2.45, 2.75) is 19.8 Å². The van der Waals surface area contributed by atoms with Crippen molar-refractivity contribution in [2.24, 2.45) is 0 Å². The van der Waals surface area contributed by atoms with E-state index in [1.54, 1.807) is 24.3 Å². The predicted octanol–water partition coefficient (Wildman–Crippen LogP) is 2.81. The Morgan fingerprint density at radius 3 is 2.75 bits per heavy atom. The van der Waals surface area contributed by atoms with Gasteiger partial charge in [-0.3, -0.25) is 9.59 Å². The molecule has 16 heavy (non-hydrogen) atoms. The first-order chi connectivity index (χ1) is 7.63. The number of hydrogen-bond donors (Lipinski definition) is 0. The summed E-state index contributed by atoms with van der Waals surface area (Å²) in [6, 6.07) is 6.59. The van der Waals surface area contributed by atoms with Gasteiger partial charge < -0.3 is 4.74 Å². The van der Waals surface area contributed by atoms with Crippen LogP contribution in [0.1, 0.15) is 30.1 Å². The van der Waals surface area contributed by atoms with Crippen molar-refractivity contribution in [2.75, 3.05) is 5.88 Å². The van der Waals surface area contributed by atoms with Crippen LogP contribution in [-0.2, 0) is 4.79 Å². The number of benzene rings is 1. The number of halogens is 1. The molecule has 0 unspecified atom stereocenters. The van der Waals surface area contributed by atoms with E-state index in [1.807, 2.05) is 0 Å². The normalized spacial score (nSPS) is 9.88. The predicted molar refractivity (Wildman–Crippen MR) is 62.0 cm³/mol.